The molecular weight excluding hydrogens is 465 g/mol. The number of rotatable bonds is 10. The molecule has 180 valence electrons. The largest absolute Gasteiger partial charge is 0.494 e. The van der Waals surface area contributed by atoms with Crippen molar-refractivity contribution in [3.05, 3.63) is 90.4 Å². The minimum atomic E-state index is -0.376. The zero-order chi connectivity index (χ0) is 24.6. The van der Waals surface area contributed by atoms with Crippen molar-refractivity contribution in [2.45, 2.75) is 18.4 Å². The van der Waals surface area contributed by atoms with Crippen molar-refractivity contribution >= 4 is 40.2 Å². The van der Waals surface area contributed by atoms with Crippen molar-refractivity contribution in [2.24, 2.45) is 0 Å². The lowest BCUT2D eigenvalue weighted by Crippen LogP contribution is -2.27. The van der Waals surface area contributed by atoms with E-state index in [9.17, 15) is 14.0 Å². The van der Waals surface area contributed by atoms with E-state index >= 15 is 0 Å². The SMILES string of the molecule is CCOc1ccc(NC(=O)CSc2cn(CCNC(=O)c3ccc(F)cc3)c3ccccc23)cc1. The molecule has 3 aromatic carbocycles. The average molecular weight is 492 g/mol. The Hall–Kier alpha value is -3.78. The second kappa shape index (κ2) is 11.6. The Kier molecular flexibility index (Phi) is 8.05. The molecule has 0 aliphatic heterocycles. The number of hydrogen-bond donors (Lipinski definition) is 2. The zero-order valence-electron chi connectivity index (χ0n) is 19.3. The number of nitrogens with one attached hydrogen (secondary N) is 2. The van der Waals surface area contributed by atoms with Crippen molar-refractivity contribution in [1.82, 2.24) is 9.88 Å². The van der Waals surface area contributed by atoms with Gasteiger partial charge in [0.1, 0.15) is 11.6 Å². The number of hydrogen-bond acceptors (Lipinski definition) is 4. The Labute approximate surface area is 207 Å². The fourth-order valence-electron chi connectivity index (χ4n) is 3.65. The molecule has 4 rings (SSSR count). The highest BCUT2D eigenvalue weighted by molar-refractivity contribution is 8.00. The van der Waals surface area contributed by atoms with Gasteiger partial charge in [-0.1, -0.05) is 18.2 Å². The van der Waals surface area contributed by atoms with Crippen molar-refractivity contribution in [3.8, 4) is 5.75 Å². The molecule has 0 radical (unpaired) electrons. The van der Waals surface area contributed by atoms with Crippen LogP contribution in [0, 0.1) is 5.82 Å². The Morgan fingerprint density at radius 2 is 1.74 bits per heavy atom. The molecular formula is C27H26FN3O3S. The number of fused-ring (bicyclic) bond motifs is 1. The molecule has 0 fully saturated rings. The van der Waals surface area contributed by atoms with Crippen LogP contribution in [0.1, 0.15) is 17.3 Å². The highest BCUT2D eigenvalue weighted by Gasteiger charge is 2.12. The summed E-state index contributed by atoms with van der Waals surface area (Å²) < 4.78 is 20.6. The molecule has 0 atom stereocenters. The molecule has 0 bridgehead atoms. The van der Waals surface area contributed by atoms with Gasteiger partial charge in [-0.3, -0.25) is 9.59 Å². The summed E-state index contributed by atoms with van der Waals surface area (Å²) in [6.07, 6.45) is 2.00. The molecule has 6 nitrogen and oxygen atoms in total. The highest BCUT2D eigenvalue weighted by atomic mass is 32.2. The number of nitrogens with zero attached hydrogens (tertiary/aromatic N) is 1. The van der Waals surface area contributed by atoms with Crippen LogP contribution in [0.5, 0.6) is 5.75 Å². The minimum Gasteiger partial charge on any atom is -0.494 e. The summed E-state index contributed by atoms with van der Waals surface area (Å²) in [4.78, 5) is 25.8. The summed E-state index contributed by atoms with van der Waals surface area (Å²) >= 11 is 1.47. The fourth-order valence-corrected chi connectivity index (χ4v) is 4.54. The van der Waals surface area contributed by atoms with Gasteiger partial charge in [0.25, 0.3) is 5.91 Å². The Balaban J connectivity index is 1.35. The van der Waals surface area contributed by atoms with Gasteiger partial charge in [0.15, 0.2) is 0 Å². The second-order valence-electron chi connectivity index (χ2n) is 7.76. The van der Waals surface area contributed by atoms with E-state index < -0.39 is 0 Å². The molecule has 0 aliphatic carbocycles. The number of thioether (sulfide) groups is 1. The van der Waals surface area contributed by atoms with Gasteiger partial charge in [0.2, 0.25) is 5.91 Å². The monoisotopic (exact) mass is 491 g/mol. The molecule has 1 heterocycles. The Bertz CT molecular complexity index is 1300. The molecule has 0 saturated carbocycles. The number of halogens is 1. The molecule has 35 heavy (non-hydrogen) atoms. The van der Waals surface area contributed by atoms with Crippen LogP contribution in [-0.2, 0) is 11.3 Å². The van der Waals surface area contributed by atoms with Crippen molar-refractivity contribution in [3.63, 3.8) is 0 Å². The van der Waals surface area contributed by atoms with Crippen LogP contribution in [0.4, 0.5) is 10.1 Å². The van der Waals surface area contributed by atoms with Gasteiger partial charge < -0.3 is 19.9 Å². The van der Waals surface area contributed by atoms with Crippen molar-refractivity contribution in [2.75, 3.05) is 24.2 Å². The molecule has 0 spiro atoms. The molecule has 2 amide bonds. The van der Waals surface area contributed by atoms with Crippen molar-refractivity contribution < 1.29 is 18.7 Å². The standard InChI is InChI=1S/C27H26FN3O3S/c1-2-34-22-13-11-21(12-14-22)30-26(32)18-35-25-17-31(24-6-4-3-5-23(24)25)16-15-29-27(33)19-7-9-20(28)10-8-19/h3-14,17H,2,15-16,18H2,1H3,(H,29,33)(H,30,32). The molecule has 0 saturated heterocycles. The van der Waals surface area contributed by atoms with Crippen LogP contribution in [0.2, 0.25) is 0 Å². The summed E-state index contributed by atoms with van der Waals surface area (Å²) in [6, 6.07) is 20.7. The van der Waals surface area contributed by atoms with Crippen LogP contribution < -0.4 is 15.4 Å². The molecule has 1 aromatic heterocycles. The Morgan fingerprint density at radius 3 is 2.49 bits per heavy atom. The van der Waals surface area contributed by atoms with E-state index in [1.165, 1.54) is 36.0 Å². The smallest absolute Gasteiger partial charge is 0.251 e. The van der Waals surface area contributed by atoms with Gasteiger partial charge in [-0.05, 0) is 61.5 Å². The van der Waals surface area contributed by atoms with Gasteiger partial charge in [-0.2, -0.15) is 0 Å². The topological polar surface area (TPSA) is 72.4 Å². The average Bonchev–Trinajstić information content (AvgIpc) is 3.22. The van der Waals surface area contributed by atoms with E-state index in [4.69, 9.17) is 4.74 Å². The summed E-state index contributed by atoms with van der Waals surface area (Å²) in [5, 5.41) is 6.83. The predicted octanol–water partition coefficient (Wildman–Crippen LogP) is 5.34. The molecule has 8 heteroatoms. The number of amides is 2. The molecule has 2 N–H and O–H groups in total. The maximum absolute atomic E-state index is 13.1. The number of carbonyl (C=O) groups excluding carboxylic acids is 2. The lowest BCUT2D eigenvalue weighted by atomic mass is 10.2. The number of aromatic nitrogens is 1. The van der Waals surface area contributed by atoms with E-state index in [2.05, 4.69) is 15.2 Å². The lowest BCUT2D eigenvalue weighted by molar-refractivity contribution is -0.113. The van der Waals surface area contributed by atoms with Gasteiger partial charge in [-0.25, -0.2) is 4.39 Å². The summed E-state index contributed by atoms with van der Waals surface area (Å²) in [5.41, 5.74) is 2.16. The Morgan fingerprint density at radius 1 is 1.00 bits per heavy atom. The van der Waals surface area contributed by atoms with Crippen LogP contribution in [0.25, 0.3) is 10.9 Å². The normalized spacial score (nSPS) is 10.8. The van der Waals surface area contributed by atoms with Crippen molar-refractivity contribution in [1.29, 1.82) is 0 Å². The maximum atomic E-state index is 13.1. The third-order valence-corrected chi connectivity index (χ3v) is 6.35. The maximum Gasteiger partial charge on any atom is 0.251 e. The van der Waals surface area contributed by atoms with Gasteiger partial charge in [-0.15, -0.1) is 11.8 Å². The lowest BCUT2D eigenvalue weighted by Gasteiger charge is -2.08. The summed E-state index contributed by atoms with van der Waals surface area (Å²) in [7, 11) is 0. The predicted molar refractivity (Wildman–Crippen MR) is 138 cm³/mol. The van der Waals surface area contributed by atoms with E-state index in [1.54, 1.807) is 0 Å². The summed E-state index contributed by atoms with van der Waals surface area (Å²) in [6.45, 7) is 3.49. The van der Waals surface area contributed by atoms with Crippen LogP contribution in [0.15, 0.2) is 83.9 Å². The van der Waals surface area contributed by atoms with Crippen LogP contribution in [0.3, 0.4) is 0 Å². The van der Waals surface area contributed by atoms with Gasteiger partial charge in [0.05, 0.1) is 12.4 Å². The van der Waals surface area contributed by atoms with E-state index in [-0.39, 0.29) is 23.4 Å². The van der Waals surface area contributed by atoms with E-state index in [0.717, 1.165) is 27.2 Å². The number of benzene rings is 3. The zero-order valence-corrected chi connectivity index (χ0v) is 20.1. The van der Waals surface area contributed by atoms with Gasteiger partial charge in [0, 0.05) is 46.3 Å². The number of para-hydroxylation sites is 1. The van der Waals surface area contributed by atoms with Crippen LogP contribution >= 0.6 is 11.8 Å². The summed E-state index contributed by atoms with van der Waals surface area (Å²) in [5.74, 6) is 0.312. The van der Waals surface area contributed by atoms with Gasteiger partial charge >= 0.3 is 0 Å². The number of ether oxygens (including phenoxy) is 1. The first-order valence-electron chi connectivity index (χ1n) is 11.3. The van der Waals surface area contributed by atoms with E-state index in [0.29, 0.717) is 25.3 Å². The minimum absolute atomic E-state index is 0.0949. The quantitative estimate of drug-likeness (QED) is 0.294. The first kappa shape index (κ1) is 24.3. The van der Waals surface area contributed by atoms with Crippen LogP contribution in [-0.4, -0.2) is 35.3 Å². The molecule has 4 aromatic rings. The number of anilines is 1. The first-order valence-corrected chi connectivity index (χ1v) is 12.3. The van der Waals surface area contributed by atoms with E-state index in [1.807, 2.05) is 61.7 Å². The third kappa shape index (κ3) is 6.42. The first-order chi connectivity index (χ1) is 17.0. The number of carbonyl (C=O) groups is 2. The molecule has 0 aliphatic rings. The fraction of sp³-hybridized carbons (Fsp3) is 0.185. The molecule has 0 unspecified atom stereocenters. The third-order valence-electron chi connectivity index (χ3n) is 5.30. The second-order valence-corrected chi connectivity index (χ2v) is 8.78. The highest BCUT2D eigenvalue weighted by Crippen LogP contribution is 2.30.